The lowest BCUT2D eigenvalue weighted by molar-refractivity contribution is 0.0699. The summed E-state index contributed by atoms with van der Waals surface area (Å²) in [5, 5.41) is 14.1. The fourth-order valence-corrected chi connectivity index (χ4v) is 2.26. The van der Waals surface area contributed by atoms with Crippen molar-refractivity contribution in [2.75, 3.05) is 0 Å². The molecule has 90 valence electrons. The summed E-state index contributed by atoms with van der Waals surface area (Å²) in [6.07, 6.45) is 2.57. The number of aromatic carboxylic acids is 1. The largest absolute Gasteiger partial charge is 0.478 e. The van der Waals surface area contributed by atoms with Gasteiger partial charge in [-0.05, 0) is 25.5 Å². The first-order valence-corrected chi connectivity index (χ1v) is 6.24. The molecule has 1 aromatic carbocycles. The lowest BCUT2D eigenvalue weighted by Gasteiger charge is -2.11. The number of hydrogen-bond acceptors (Lipinski definition) is 2. The Morgan fingerprint density at radius 2 is 2.29 bits per heavy atom. The van der Waals surface area contributed by atoms with Crippen molar-refractivity contribution < 1.29 is 9.90 Å². The van der Waals surface area contributed by atoms with E-state index in [0.717, 1.165) is 16.4 Å². The lowest BCUT2D eigenvalue weighted by Crippen LogP contribution is -2.05. The van der Waals surface area contributed by atoms with Crippen LogP contribution >= 0.6 is 15.9 Å². The van der Waals surface area contributed by atoms with Gasteiger partial charge in [-0.15, -0.1) is 0 Å². The van der Waals surface area contributed by atoms with Crippen LogP contribution < -0.4 is 0 Å². The summed E-state index contributed by atoms with van der Waals surface area (Å²) in [6.45, 7) is 4.14. The van der Waals surface area contributed by atoms with E-state index in [9.17, 15) is 4.79 Å². The van der Waals surface area contributed by atoms with Gasteiger partial charge >= 0.3 is 5.97 Å². The van der Waals surface area contributed by atoms with Crippen LogP contribution in [0.5, 0.6) is 0 Å². The highest BCUT2D eigenvalue weighted by molar-refractivity contribution is 9.10. The van der Waals surface area contributed by atoms with Crippen LogP contribution in [0, 0.1) is 0 Å². The molecule has 0 aliphatic carbocycles. The first-order chi connectivity index (χ1) is 8.04. The molecule has 0 fully saturated rings. The van der Waals surface area contributed by atoms with Gasteiger partial charge in [0.25, 0.3) is 0 Å². The van der Waals surface area contributed by atoms with Crippen LogP contribution in [-0.2, 0) is 0 Å². The van der Waals surface area contributed by atoms with Crippen molar-refractivity contribution in [3.8, 4) is 0 Å². The number of benzene rings is 1. The van der Waals surface area contributed by atoms with Crippen molar-refractivity contribution in [2.45, 2.75) is 26.3 Å². The third kappa shape index (κ3) is 2.07. The standard InChI is InChI=1S/C12H13BrN2O2/c1-3-7(2)15-11-5-8(13)4-9(12(16)17)10(11)6-14-15/h4-7H,3H2,1-2H3,(H,16,17). The molecule has 1 unspecified atom stereocenters. The second-order valence-electron chi connectivity index (χ2n) is 4.04. The highest BCUT2D eigenvalue weighted by Crippen LogP contribution is 2.27. The van der Waals surface area contributed by atoms with E-state index in [1.807, 2.05) is 10.7 Å². The Balaban J connectivity index is 2.73. The summed E-state index contributed by atoms with van der Waals surface area (Å²) in [6, 6.07) is 3.76. The van der Waals surface area contributed by atoms with Crippen molar-refractivity contribution >= 4 is 32.8 Å². The van der Waals surface area contributed by atoms with E-state index < -0.39 is 5.97 Å². The molecule has 2 aromatic rings. The first kappa shape index (κ1) is 12.1. The number of halogens is 1. The molecule has 1 heterocycles. The van der Waals surface area contributed by atoms with Gasteiger partial charge in [0.2, 0.25) is 0 Å². The van der Waals surface area contributed by atoms with Gasteiger partial charge in [0.05, 0.1) is 17.3 Å². The molecule has 0 amide bonds. The molecule has 0 spiro atoms. The zero-order valence-electron chi connectivity index (χ0n) is 9.64. The third-order valence-corrected chi connectivity index (χ3v) is 3.38. The van der Waals surface area contributed by atoms with Gasteiger partial charge < -0.3 is 5.11 Å². The topological polar surface area (TPSA) is 55.1 Å². The molecule has 0 bridgehead atoms. The van der Waals surface area contributed by atoms with Gasteiger partial charge in [-0.3, -0.25) is 4.68 Å². The molecule has 0 saturated heterocycles. The first-order valence-electron chi connectivity index (χ1n) is 5.44. The predicted molar refractivity (Wildman–Crippen MR) is 69.4 cm³/mol. The molecule has 1 aromatic heterocycles. The number of fused-ring (bicyclic) bond motifs is 1. The quantitative estimate of drug-likeness (QED) is 0.943. The van der Waals surface area contributed by atoms with Crippen LogP contribution in [-0.4, -0.2) is 20.9 Å². The number of carboxylic acid groups (broad SMARTS) is 1. The Hall–Kier alpha value is -1.36. The summed E-state index contributed by atoms with van der Waals surface area (Å²) in [7, 11) is 0. The molecule has 0 aliphatic rings. The zero-order chi connectivity index (χ0) is 12.6. The monoisotopic (exact) mass is 296 g/mol. The van der Waals surface area contributed by atoms with Crippen LogP contribution in [0.15, 0.2) is 22.8 Å². The molecule has 0 saturated carbocycles. The SMILES string of the molecule is CCC(C)n1ncc2c(C(=O)O)cc(Br)cc21. The number of carboxylic acids is 1. The fraction of sp³-hybridized carbons (Fsp3) is 0.333. The number of rotatable bonds is 3. The second kappa shape index (κ2) is 4.49. The van der Waals surface area contributed by atoms with Crippen molar-refractivity contribution in [3.05, 3.63) is 28.4 Å². The van der Waals surface area contributed by atoms with Crippen LogP contribution in [0.3, 0.4) is 0 Å². The van der Waals surface area contributed by atoms with E-state index >= 15 is 0 Å². The molecule has 5 heteroatoms. The molecule has 2 rings (SSSR count). The summed E-state index contributed by atoms with van der Waals surface area (Å²) in [5.74, 6) is -0.931. The molecule has 17 heavy (non-hydrogen) atoms. The average molecular weight is 297 g/mol. The zero-order valence-corrected chi connectivity index (χ0v) is 11.2. The van der Waals surface area contributed by atoms with Crippen LogP contribution in [0.1, 0.15) is 36.7 Å². The molecule has 4 nitrogen and oxygen atoms in total. The summed E-state index contributed by atoms with van der Waals surface area (Å²) >= 11 is 3.34. The second-order valence-corrected chi connectivity index (χ2v) is 4.95. The minimum Gasteiger partial charge on any atom is -0.478 e. The molecule has 1 atom stereocenters. The van der Waals surface area contributed by atoms with Crippen LogP contribution in [0.25, 0.3) is 10.9 Å². The minimum atomic E-state index is -0.931. The van der Waals surface area contributed by atoms with E-state index in [0.29, 0.717) is 5.39 Å². The maximum Gasteiger partial charge on any atom is 0.336 e. The van der Waals surface area contributed by atoms with Gasteiger partial charge in [-0.25, -0.2) is 4.79 Å². The third-order valence-electron chi connectivity index (χ3n) is 2.92. The summed E-state index contributed by atoms with van der Waals surface area (Å²) in [5.41, 5.74) is 1.13. The maximum absolute atomic E-state index is 11.2. The highest BCUT2D eigenvalue weighted by Gasteiger charge is 2.15. The Bertz CT molecular complexity index is 577. The number of nitrogens with zero attached hydrogens (tertiary/aromatic N) is 2. The fourth-order valence-electron chi connectivity index (χ4n) is 1.81. The van der Waals surface area contributed by atoms with Crippen molar-refractivity contribution in [3.63, 3.8) is 0 Å². The molecule has 1 N–H and O–H groups in total. The van der Waals surface area contributed by atoms with Gasteiger partial charge in [-0.1, -0.05) is 22.9 Å². The number of hydrogen-bond donors (Lipinski definition) is 1. The Kier molecular flexibility index (Phi) is 3.19. The predicted octanol–water partition coefficient (Wildman–Crippen LogP) is 3.47. The molecule has 0 aliphatic heterocycles. The van der Waals surface area contributed by atoms with Crippen molar-refractivity contribution in [2.24, 2.45) is 0 Å². The maximum atomic E-state index is 11.2. The Morgan fingerprint density at radius 3 is 2.88 bits per heavy atom. The van der Waals surface area contributed by atoms with E-state index in [1.165, 1.54) is 0 Å². The van der Waals surface area contributed by atoms with Crippen molar-refractivity contribution in [1.29, 1.82) is 0 Å². The van der Waals surface area contributed by atoms with Gasteiger partial charge in [-0.2, -0.15) is 5.10 Å². The van der Waals surface area contributed by atoms with Crippen LogP contribution in [0.4, 0.5) is 0 Å². The summed E-state index contributed by atoms with van der Waals surface area (Å²) < 4.78 is 2.62. The summed E-state index contributed by atoms with van der Waals surface area (Å²) in [4.78, 5) is 11.2. The van der Waals surface area contributed by atoms with Gasteiger partial charge in [0.1, 0.15) is 0 Å². The molecule has 0 radical (unpaired) electrons. The Morgan fingerprint density at radius 1 is 1.59 bits per heavy atom. The van der Waals surface area contributed by atoms with E-state index in [4.69, 9.17) is 5.11 Å². The van der Waals surface area contributed by atoms with Crippen molar-refractivity contribution in [1.82, 2.24) is 9.78 Å². The van der Waals surface area contributed by atoms with Gasteiger partial charge in [0, 0.05) is 15.9 Å². The van der Waals surface area contributed by atoms with E-state index in [1.54, 1.807) is 12.3 Å². The average Bonchev–Trinajstić information content (AvgIpc) is 2.70. The Labute approximate surface area is 107 Å². The smallest absolute Gasteiger partial charge is 0.336 e. The van der Waals surface area contributed by atoms with Gasteiger partial charge in [0.15, 0.2) is 0 Å². The number of aromatic nitrogens is 2. The lowest BCUT2D eigenvalue weighted by atomic mass is 10.1. The minimum absolute atomic E-state index is 0.253. The normalized spacial score (nSPS) is 12.9. The molecular formula is C12H13BrN2O2. The molecular weight excluding hydrogens is 284 g/mol. The van der Waals surface area contributed by atoms with E-state index in [2.05, 4.69) is 34.9 Å². The van der Waals surface area contributed by atoms with E-state index in [-0.39, 0.29) is 11.6 Å². The van der Waals surface area contributed by atoms with Crippen LogP contribution in [0.2, 0.25) is 0 Å². The number of carbonyl (C=O) groups is 1. The highest BCUT2D eigenvalue weighted by atomic mass is 79.9.